The third kappa shape index (κ3) is 9.78. The maximum Gasteiger partial charge on any atom is 0.270 e. The van der Waals surface area contributed by atoms with E-state index >= 15 is 0 Å². The van der Waals surface area contributed by atoms with Crippen molar-refractivity contribution >= 4 is 34.6 Å². The molecular formula is C30H36N4O9. The monoisotopic (exact) mass is 596 g/mol. The van der Waals surface area contributed by atoms with Crippen LogP contribution in [-0.4, -0.2) is 40.4 Å². The van der Waals surface area contributed by atoms with Gasteiger partial charge in [-0.05, 0) is 37.1 Å². The maximum atomic E-state index is 13.3. The number of non-ortho nitro benzene ring substituents is 2. The number of nitrogens with one attached hydrogen (secondary N) is 2. The van der Waals surface area contributed by atoms with E-state index in [1.807, 2.05) is 13.8 Å². The summed E-state index contributed by atoms with van der Waals surface area (Å²) in [5, 5.41) is 28.1. The standard InChI is InChI=1S/C30H34N4O8.H2O/c1-3-5-9-17-41-27-15-13-21(33(37)38)19-23(27)29(35)31-25-11-7-8-12-26(25)32-30(36)24-20-22(34(39)40)14-16-28(24)42-18-10-6-4-2;/h7-8,11-16,19-20H,3-6,9-10,17-18H2,1-2H3,(H,31,35)(H,32,36);1H2. The van der Waals surface area contributed by atoms with Crippen LogP contribution >= 0.6 is 0 Å². The van der Waals surface area contributed by atoms with E-state index in [2.05, 4.69) is 10.6 Å². The van der Waals surface area contributed by atoms with Crippen molar-refractivity contribution in [2.24, 2.45) is 0 Å². The number of ether oxygens (including phenoxy) is 2. The Kier molecular flexibility index (Phi) is 13.5. The Morgan fingerprint density at radius 3 is 1.42 bits per heavy atom. The van der Waals surface area contributed by atoms with Crippen molar-refractivity contribution in [3.63, 3.8) is 0 Å². The molecule has 0 aliphatic heterocycles. The van der Waals surface area contributed by atoms with Crippen LogP contribution in [0.3, 0.4) is 0 Å². The van der Waals surface area contributed by atoms with Crippen molar-refractivity contribution in [3.05, 3.63) is 92.0 Å². The fourth-order valence-electron chi connectivity index (χ4n) is 4.02. The largest absolute Gasteiger partial charge is 0.493 e. The van der Waals surface area contributed by atoms with Gasteiger partial charge in [0, 0.05) is 24.3 Å². The number of para-hydroxylation sites is 2. The number of hydrogen-bond acceptors (Lipinski definition) is 8. The van der Waals surface area contributed by atoms with Crippen LogP contribution in [0.4, 0.5) is 22.7 Å². The first-order valence-electron chi connectivity index (χ1n) is 13.8. The number of carbonyl (C=O) groups is 2. The van der Waals surface area contributed by atoms with E-state index in [4.69, 9.17) is 9.47 Å². The van der Waals surface area contributed by atoms with Gasteiger partial charge in [0.1, 0.15) is 11.5 Å². The van der Waals surface area contributed by atoms with Crippen molar-refractivity contribution in [2.45, 2.75) is 52.4 Å². The van der Waals surface area contributed by atoms with Crippen molar-refractivity contribution in [3.8, 4) is 11.5 Å². The average Bonchev–Trinajstić information content (AvgIpc) is 2.98. The van der Waals surface area contributed by atoms with Gasteiger partial charge in [-0.1, -0.05) is 51.7 Å². The molecule has 0 bridgehead atoms. The molecule has 0 aliphatic rings. The zero-order valence-electron chi connectivity index (χ0n) is 24.1. The van der Waals surface area contributed by atoms with E-state index in [0.29, 0.717) is 13.2 Å². The Bertz CT molecular complexity index is 1320. The van der Waals surface area contributed by atoms with E-state index < -0.39 is 21.7 Å². The van der Waals surface area contributed by atoms with Gasteiger partial charge in [-0.25, -0.2) is 0 Å². The number of nitro benzene ring substituents is 2. The highest BCUT2D eigenvalue weighted by Crippen LogP contribution is 2.30. The SMILES string of the molecule is CCCCCOc1ccc([N+](=O)[O-])cc1C(=O)Nc1ccccc1NC(=O)c1cc([N+](=O)[O-])ccc1OCCCCC.O. The van der Waals surface area contributed by atoms with Gasteiger partial charge < -0.3 is 25.6 Å². The minimum Gasteiger partial charge on any atom is -0.493 e. The normalized spacial score (nSPS) is 10.3. The summed E-state index contributed by atoms with van der Waals surface area (Å²) >= 11 is 0. The van der Waals surface area contributed by atoms with Crippen LogP contribution in [0.5, 0.6) is 11.5 Å². The van der Waals surface area contributed by atoms with Crippen molar-refractivity contribution in [1.29, 1.82) is 0 Å². The highest BCUT2D eigenvalue weighted by atomic mass is 16.6. The first kappa shape index (κ1) is 34.2. The molecule has 0 heterocycles. The second-order valence-electron chi connectivity index (χ2n) is 9.44. The summed E-state index contributed by atoms with van der Waals surface area (Å²) in [5.41, 5.74) is -0.226. The van der Waals surface area contributed by atoms with Crippen LogP contribution in [0.25, 0.3) is 0 Å². The highest BCUT2D eigenvalue weighted by molar-refractivity contribution is 6.11. The second kappa shape index (κ2) is 17.0. The lowest BCUT2D eigenvalue weighted by atomic mass is 10.1. The average molecular weight is 597 g/mol. The van der Waals surface area contributed by atoms with Crippen LogP contribution in [0, 0.1) is 20.2 Å². The number of amides is 2. The third-order valence-corrected chi connectivity index (χ3v) is 6.27. The topological polar surface area (TPSA) is 194 Å². The van der Waals surface area contributed by atoms with Crippen molar-refractivity contribution in [1.82, 2.24) is 0 Å². The number of nitro groups is 2. The van der Waals surface area contributed by atoms with Crippen LogP contribution in [0.15, 0.2) is 60.7 Å². The summed E-state index contributed by atoms with van der Waals surface area (Å²) in [6, 6.07) is 13.9. The molecule has 230 valence electrons. The fourth-order valence-corrected chi connectivity index (χ4v) is 4.02. The second-order valence-corrected chi connectivity index (χ2v) is 9.44. The van der Waals surface area contributed by atoms with Gasteiger partial charge in [-0.2, -0.15) is 0 Å². The van der Waals surface area contributed by atoms with Gasteiger partial charge in [0.05, 0.1) is 45.6 Å². The first-order valence-corrected chi connectivity index (χ1v) is 13.8. The van der Waals surface area contributed by atoms with E-state index in [-0.39, 0.29) is 50.9 Å². The molecule has 4 N–H and O–H groups in total. The number of benzene rings is 3. The van der Waals surface area contributed by atoms with Crippen LogP contribution < -0.4 is 20.1 Å². The molecular weight excluding hydrogens is 560 g/mol. The van der Waals surface area contributed by atoms with E-state index in [0.717, 1.165) is 50.7 Å². The summed E-state index contributed by atoms with van der Waals surface area (Å²) in [5.74, 6) is -0.975. The predicted molar refractivity (Wildman–Crippen MR) is 162 cm³/mol. The predicted octanol–water partition coefficient (Wildman–Crippen LogP) is 6.32. The smallest absolute Gasteiger partial charge is 0.270 e. The number of unbranched alkanes of at least 4 members (excludes halogenated alkanes) is 4. The Morgan fingerprint density at radius 1 is 0.674 bits per heavy atom. The van der Waals surface area contributed by atoms with Gasteiger partial charge in [-0.15, -0.1) is 0 Å². The van der Waals surface area contributed by atoms with Gasteiger partial charge in [0.25, 0.3) is 23.2 Å². The van der Waals surface area contributed by atoms with Crippen molar-refractivity contribution < 1.29 is 34.4 Å². The molecule has 2 amide bonds. The summed E-state index contributed by atoms with van der Waals surface area (Å²) in [7, 11) is 0. The highest BCUT2D eigenvalue weighted by Gasteiger charge is 2.22. The van der Waals surface area contributed by atoms with Crippen molar-refractivity contribution in [2.75, 3.05) is 23.8 Å². The molecule has 3 aromatic carbocycles. The lowest BCUT2D eigenvalue weighted by molar-refractivity contribution is -0.385. The Labute approximate surface area is 248 Å². The molecule has 0 saturated heterocycles. The summed E-state index contributed by atoms with van der Waals surface area (Å²) < 4.78 is 11.5. The van der Waals surface area contributed by atoms with Crippen LogP contribution in [0.2, 0.25) is 0 Å². The van der Waals surface area contributed by atoms with Crippen LogP contribution in [-0.2, 0) is 0 Å². The number of carbonyl (C=O) groups excluding carboxylic acids is 2. The quantitative estimate of drug-likeness (QED) is 0.109. The number of hydrogen-bond donors (Lipinski definition) is 2. The summed E-state index contributed by atoms with van der Waals surface area (Å²) in [4.78, 5) is 48.2. The zero-order chi connectivity index (χ0) is 30.5. The lowest BCUT2D eigenvalue weighted by Crippen LogP contribution is -2.18. The van der Waals surface area contributed by atoms with Gasteiger partial charge in [0.2, 0.25) is 0 Å². The molecule has 0 unspecified atom stereocenters. The fraction of sp³-hybridized carbons (Fsp3) is 0.333. The summed E-state index contributed by atoms with van der Waals surface area (Å²) in [6.07, 6.45) is 5.32. The van der Waals surface area contributed by atoms with Gasteiger partial charge in [0.15, 0.2) is 0 Å². The molecule has 0 atom stereocenters. The van der Waals surface area contributed by atoms with E-state index in [1.54, 1.807) is 24.3 Å². The molecule has 43 heavy (non-hydrogen) atoms. The minimum absolute atomic E-state index is 0. The first-order chi connectivity index (χ1) is 20.2. The zero-order valence-corrected chi connectivity index (χ0v) is 24.1. The molecule has 0 radical (unpaired) electrons. The Morgan fingerprint density at radius 2 is 1.07 bits per heavy atom. The molecule has 13 nitrogen and oxygen atoms in total. The van der Waals surface area contributed by atoms with Gasteiger partial charge in [-0.3, -0.25) is 29.8 Å². The molecule has 0 aromatic heterocycles. The molecule has 0 fully saturated rings. The van der Waals surface area contributed by atoms with E-state index in [9.17, 15) is 29.8 Å². The number of anilines is 2. The molecule has 13 heteroatoms. The molecule has 0 saturated carbocycles. The summed E-state index contributed by atoms with van der Waals surface area (Å²) in [6.45, 7) is 4.76. The third-order valence-electron chi connectivity index (χ3n) is 6.27. The molecule has 3 rings (SSSR count). The Balaban J connectivity index is 0.00000645. The molecule has 0 aliphatic carbocycles. The lowest BCUT2D eigenvalue weighted by Gasteiger charge is -2.16. The maximum absolute atomic E-state index is 13.3. The molecule has 3 aromatic rings. The Hall–Kier alpha value is -5.04. The van der Waals surface area contributed by atoms with E-state index in [1.165, 1.54) is 24.3 Å². The molecule has 0 spiro atoms. The number of nitrogens with zero attached hydrogens (tertiary/aromatic N) is 2. The van der Waals surface area contributed by atoms with Gasteiger partial charge >= 0.3 is 0 Å². The minimum atomic E-state index is -0.679. The van der Waals surface area contributed by atoms with Crippen LogP contribution in [0.1, 0.15) is 73.1 Å². The number of rotatable bonds is 16.